The average molecular weight is 475 g/mol. The van der Waals surface area contributed by atoms with Crippen molar-refractivity contribution in [3.8, 4) is 23.0 Å². The number of nitrogens with zero attached hydrogens (tertiary/aromatic N) is 1. The highest BCUT2D eigenvalue weighted by atomic mass is 16.5. The number of alkyl carbamates (subject to hydrolysis) is 1. The summed E-state index contributed by atoms with van der Waals surface area (Å²) in [6.07, 6.45) is -0.579. The predicted octanol–water partition coefficient (Wildman–Crippen LogP) is 3.88. The van der Waals surface area contributed by atoms with Crippen molar-refractivity contribution in [1.29, 1.82) is 0 Å². The molecular weight excluding hydrogens is 444 g/mol. The molecular formula is C28H30N2O5. The first-order valence-electron chi connectivity index (χ1n) is 11.8. The summed E-state index contributed by atoms with van der Waals surface area (Å²) in [5.74, 6) is 3.57. The first-order chi connectivity index (χ1) is 16.7. The van der Waals surface area contributed by atoms with Gasteiger partial charge >= 0.3 is 12.1 Å². The van der Waals surface area contributed by atoms with Crippen LogP contribution in [0.1, 0.15) is 44.2 Å². The SMILES string of the molecule is CC#CCC(NC(=O)OCC1c2ccccc2-c2ccccc21)C(=O)N1CC(C(=O)O)C(C)(C)C1. The number of nitrogens with one attached hydrogen (secondary N) is 1. The number of aliphatic carboxylic acids is 1. The third-order valence-electron chi connectivity index (χ3n) is 6.97. The van der Waals surface area contributed by atoms with Gasteiger partial charge in [0.2, 0.25) is 5.91 Å². The van der Waals surface area contributed by atoms with E-state index in [0.717, 1.165) is 22.3 Å². The van der Waals surface area contributed by atoms with E-state index in [9.17, 15) is 19.5 Å². The Labute approximate surface area is 205 Å². The molecule has 1 aliphatic heterocycles. The summed E-state index contributed by atoms with van der Waals surface area (Å²) in [4.78, 5) is 39.1. The topological polar surface area (TPSA) is 95.9 Å². The summed E-state index contributed by atoms with van der Waals surface area (Å²) < 4.78 is 5.60. The van der Waals surface area contributed by atoms with Crippen LogP contribution in [-0.4, -0.2) is 53.7 Å². The van der Waals surface area contributed by atoms with Crippen LogP contribution >= 0.6 is 0 Å². The molecule has 0 aromatic heterocycles. The van der Waals surface area contributed by atoms with Crippen LogP contribution in [0.3, 0.4) is 0 Å². The third-order valence-corrected chi connectivity index (χ3v) is 6.97. The van der Waals surface area contributed by atoms with Crippen molar-refractivity contribution in [1.82, 2.24) is 10.2 Å². The van der Waals surface area contributed by atoms with Gasteiger partial charge in [-0.15, -0.1) is 11.8 Å². The number of rotatable bonds is 6. The maximum atomic E-state index is 13.2. The van der Waals surface area contributed by atoms with E-state index < -0.39 is 29.4 Å². The number of benzene rings is 2. The molecule has 2 unspecified atom stereocenters. The summed E-state index contributed by atoms with van der Waals surface area (Å²) in [7, 11) is 0. The van der Waals surface area contributed by atoms with E-state index >= 15 is 0 Å². The van der Waals surface area contributed by atoms with Gasteiger partial charge in [0, 0.05) is 25.4 Å². The van der Waals surface area contributed by atoms with Crippen molar-refractivity contribution in [3.63, 3.8) is 0 Å². The van der Waals surface area contributed by atoms with Gasteiger partial charge < -0.3 is 20.1 Å². The largest absolute Gasteiger partial charge is 0.481 e. The Morgan fingerprint density at radius 3 is 2.26 bits per heavy atom. The second-order valence-corrected chi connectivity index (χ2v) is 9.75. The van der Waals surface area contributed by atoms with Gasteiger partial charge in [0.25, 0.3) is 0 Å². The molecule has 2 aromatic rings. The fraction of sp³-hybridized carbons (Fsp3) is 0.393. The monoisotopic (exact) mass is 474 g/mol. The lowest BCUT2D eigenvalue weighted by Gasteiger charge is -2.25. The molecule has 35 heavy (non-hydrogen) atoms. The Kier molecular flexibility index (Phi) is 6.83. The van der Waals surface area contributed by atoms with Crippen molar-refractivity contribution in [2.75, 3.05) is 19.7 Å². The van der Waals surface area contributed by atoms with Crippen LogP contribution < -0.4 is 5.32 Å². The number of amides is 2. The minimum atomic E-state index is -0.931. The van der Waals surface area contributed by atoms with Gasteiger partial charge in [-0.2, -0.15) is 0 Å². The second kappa shape index (κ2) is 9.83. The molecule has 0 radical (unpaired) electrons. The van der Waals surface area contributed by atoms with E-state index in [4.69, 9.17) is 4.74 Å². The highest BCUT2D eigenvalue weighted by molar-refractivity contribution is 5.87. The lowest BCUT2D eigenvalue weighted by atomic mass is 9.82. The molecule has 2 aliphatic rings. The van der Waals surface area contributed by atoms with Gasteiger partial charge in [0.1, 0.15) is 12.6 Å². The number of carboxylic acid groups (broad SMARTS) is 1. The zero-order valence-electron chi connectivity index (χ0n) is 20.2. The van der Waals surface area contributed by atoms with Crippen LogP contribution in [0.4, 0.5) is 4.79 Å². The van der Waals surface area contributed by atoms with Crippen LogP contribution in [0.15, 0.2) is 48.5 Å². The molecule has 2 amide bonds. The van der Waals surface area contributed by atoms with E-state index in [-0.39, 0.29) is 31.4 Å². The maximum Gasteiger partial charge on any atom is 0.407 e. The number of ether oxygens (including phenoxy) is 1. The summed E-state index contributed by atoms with van der Waals surface area (Å²) in [6, 6.07) is 15.2. The van der Waals surface area contributed by atoms with Gasteiger partial charge in [-0.25, -0.2) is 4.79 Å². The molecule has 0 spiro atoms. The van der Waals surface area contributed by atoms with Crippen molar-refractivity contribution in [2.24, 2.45) is 11.3 Å². The van der Waals surface area contributed by atoms with Crippen LogP contribution in [0.25, 0.3) is 11.1 Å². The van der Waals surface area contributed by atoms with Crippen molar-refractivity contribution in [3.05, 3.63) is 59.7 Å². The standard InChI is InChI=1S/C28H30N2O5/c1-4-5-14-24(25(31)30-15-23(26(32)33)28(2,3)17-30)29-27(34)35-16-22-20-12-8-6-10-18(20)19-11-7-9-13-21(19)22/h6-13,22-24H,14-17H2,1-3H3,(H,29,34)(H,32,33). The average Bonchev–Trinajstić information content (AvgIpc) is 3.34. The molecule has 7 nitrogen and oxygen atoms in total. The smallest absolute Gasteiger partial charge is 0.407 e. The Morgan fingerprint density at radius 2 is 1.71 bits per heavy atom. The van der Waals surface area contributed by atoms with E-state index in [0.29, 0.717) is 6.54 Å². The van der Waals surface area contributed by atoms with Crippen LogP contribution in [0, 0.1) is 23.2 Å². The maximum absolute atomic E-state index is 13.2. The number of carbonyl (C=O) groups is 3. The van der Waals surface area contributed by atoms with Gasteiger partial charge in [0.15, 0.2) is 0 Å². The van der Waals surface area contributed by atoms with Crippen molar-refractivity contribution < 1.29 is 24.2 Å². The Hall–Kier alpha value is -3.79. The second-order valence-electron chi connectivity index (χ2n) is 9.75. The Morgan fingerprint density at radius 1 is 1.11 bits per heavy atom. The molecule has 2 aromatic carbocycles. The molecule has 182 valence electrons. The first kappa shape index (κ1) is 24.3. The minimum Gasteiger partial charge on any atom is -0.481 e. The van der Waals surface area contributed by atoms with E-state index in [1.807, 2.05) is 50.2 Å². The molecule has 1 saturated heterocycles. The fourth-order valence-corrected chi connectivity index (χ4v) is 5.12. The van der Waals surface area contributed by atoms with Gasteiger partial charge in [-0.05, 0) is 34.6 Å². The minimum absolute atomic E-state index is 0.0894. The summed E-state index contributed by atoms with van der Waals surface area (Å²) >= 11 is 0. The van der Waals surface area contributed by atoms with Gasteiger partial charge in [-0.1, -0.05) is 62.4 Å². The normalized spacial score (nSPS) is 18.6. The molecule has 1 aliphatic carbocycles. The quantitative estimate of drug-likeness (QED) is 0.620. The number of hydrogen-bond acceptors (Lipinski definition) is 4. The van der Waals surface area contributed by atoms with Crippen LogP contribution in [0.2, 0.25) is 0 Å². The van der Waals surface area contributed by atoms with E-state index in [1.54, 1.807) is 6.92 Å². The number of carboxylic acids is 1. The van der Waals surface area contributed by atoms with E-state index in [2.05, 4.69) is 29.3 Å². The molecule has 4 rings (SSSR count). The predicted molar refractivity (Wildman–Crippen MR) is 132 cm³/mol. The van der Waals surface area contributed by atoms with Gasteiger partial charge in [0.05, 0.1) is 5.92 Å². The van der Waals surface area contributed by atoms with Crippen molar-refractivity contribution >= 4 is 18.0 Å². The molecule has 7 heteroatoms. The Bertz CT molecular complexity index is 1160. The Balaban J connectivity index is 1.44. The summed E-state index contributed by atoms with van der Waals surface area (Å²) in [5.41, 5.74) is 3.91. The lowest BCUT2D eigenvalue weighted by Crippen LogP contribution is -2.48. The van der Waals surface area contributed by atoms with Crippen LogP contribution in [-0.2, 0) is 14.3 Å². The zero-order chi connectivity index (χ0) is 25.2. The fourth-order valence-electron chi connectivity index (χ4n) is 5.12. The van der Waals surface area contributed by atoms with E-state index in [1.165, 1.54) is 4.90 Å². The molecule has 0 saturated carbocycles. The molecule has 1 heterocycles. The number of likely N-dealkylation sites (tertiary alicyclic amines) is 1. The first-order valence-corrected chi connectivity index (χ1v) is 11.8. The summed E-state index contributed by atoms with van der Waals surface area (Å²) in [5, 5.41) is 12.2. The molecule has 1 fully saturated rings. The highest BCUT2D eigenvalue weighted by Crippen LogP contribution is 2.44. The number of carbonyl (C=O) groups excluding carboxylic acids is 2. The summed E-state index contributed by atoms with van der Waals surface area (Å²) in [6.45, 7) is 5.86. The highest BCUT2D eigenvalue weighted by Gasteiger charge is 2.46. The van der Waals surface area contributed by atoms with Crippen molar-refractivity contribution in [2.45, 2.75) is 39.2 Å². The number of hydrogen-bond donors (Lipinski definition) is 2. The number of fused-ring (bicyclic) bond motifs is 3. The molecule has 0 bridgehead atoms. The van der Waals surface area contributed by atoms with Gasteiger partial charge in [-0.3, -0.25) is 9.59 Å². The van der Waals surface area contributed by atoms with Crippen LogP contribution in [0.5, 0.6) is 0 Å². The molecule has 2 atom stereocenters. The molecule has 2 N–H and O–H groups in total. The zero-order valence-corrected chi connectivity index (χ0v) is 20.2. The third kappa shape index (κ3) is 4.88. The lowest BCUT2D eigenvalue weighted by molar-refractivity contribution is -0.144.